The predicted molar refractivity (Wildman–Crippen MR) is 138 cm³/mol. The van der Waals surface area contributed by atoms with Crippen LogP contribution in [0.2, 0.25) is 0 Å². The summed E-state index contributed by atoms with van der Waals surface area (Å²) in [5.41, 5.74) is 4.53. The average molecular weight is 488 g/mol. The number of furan rings is 1. The minimum absolute atomic E-state index is 0.142. The number of hydrogen-bond acceptors (Lipinski definition) is 6. The first-order chi connectivity index (χ1) is 16.5. The molecule has 6 nitrogen and oxygen atoms in total. The fraction of sp³-hybridized carbons (Fsp3) is 0.115. The number of thioether (sulfide) groups is 1. The molecule has 3 heterocycles. The first-order valence-electron chi connectivity index (χ1n) is 10.6. The number of thiocarbonyl (C=S) groups is 1. The Morgan fingerprint density at radius 1 is 1.15 bits per heavy atom. The third-order valence-electron chi connectivity index (χ3n) is 5.51. The van der Waals surface area contributed by atoms with Crippen molar-refractivity contribution in [1.82, 2.24) is 14.7 Å². The lowest BCUT2D eigenvalue weighted by atomic mass is 10.0. The van der Waals surface area contributed by atoms with Gasteiger partial charge in [-0.1, -0.05) is 42.2 Å². The van der Waals surface area contributed by atoms with Crippen LogP contribution in [0.4, 0.5) is 0 Å². The fourth-order valence-electron chi connectivity index (χ4n) is 3.78. The van der Waals surface area contributed by atoms with Gasteiger partial charge in [-0.2, -0.15) is 5.10 Å². The van der Waals surface area contributed by atoms with Crippen LogP contribution in [-0.2, 0) is 11.3 Å². The van der Waals surface area contributed by atoms with Crippen molar-refractivity contribution < 1.29 is 13.9 Å². The largest absolute Gasteiger partial charge is 0.497 e. The molecule has 1 fully saturated rings. The summed E-state index contributed by atoms with van der Waals surface area (Å²) in [4.78, 5) is 15.3. The van der Waals surface area contributed by atoms with Gasteiger partial charge in [0, 0.05) is 17.3 Å². The number of aromatic nitrogens is 2. The Balaban J connectivity index is 1.56. The zero-order valence-corrected chi connectivity index (χ0v) is 20.2. The van der Waals surface area contributed by atoms with Gasteiger partial charge in [0.05, 0.1) is 30.5 Å². The number of carbonyl (C=O) groups is 1. The molecule has 0 aliphatic carbocycles. The molecule has 0 radical (unpaired) electrons. The van der Waals surface area contributed by atoms with Crippen molar-refractivity contribution in [2.24, 2.45) is 0 Å². The monoisotopic (exact) mass is 487 g/mol. The molecule has 5 rings (SSSR count). The van der Waals surface area contributed by atoms with E-state index in [1.54, 1.807) is 24.3 Å². The SMILES string of the molecule is COc1ccc(-c2nn(-c3ccccc3)cc2C=C2SC(=S)N(Cc3ccco3)C2=O)c(C)c1. The molecule has 2 aromatic carbocycles. The number of aryl methyl sites for hydroxylation is 1. The second-order valence-electron chi connectivity index (χ2n) is 7.74. The maximum Gasteiger partial charge on any atom is 0.266 e. The van der Waals surface area contributed by atoms with Crippen molar-refractivity contribution in [3.63, 3.8) is 0 Å². The molecule has 0 N–H and O–H groups in total. The van der Waals surface area contributed by atoms with Crippen molar-refractivity contribution in [3.05, 3.63) is 94.9 Å². The number of nitrogens with zero attached hydrogens (tertiary/aromatic N) is 3. The molecule has 34 heavy (non-hydrogen) atoms. The van der Waals surface area contributed by atoms with Crippen molar-refractivity contribution in [3.8, 4) is 22.7 Å². The molecule has 1 aliphatic rings. The van der Waals surface area contributed by atoms with Gasteiger partial charge < -0.3 is 9.15 Å². The lowest BCUT2D eigenvalue weighted by Crippen LogP contribution is -2.27. The van der Waals surface area contributed by atoms with E-state index in [0.29, 0.717) is 21.5 Å². The number of methoxy groups -OCH3 is 1. The molecule has 1 aliphatic heterocycles. The van der Waals surface area contributed by atoms with Crippen LogP contribution in [0.15, 0.2) is 82.4 Å². The summed E-state index contributed by atoms with van der Waals surface area (Å²) in [5.74, 6) is 1.32. The van der Waals surface area contributed by atoms with Crippen LogP contribution < -0.4 is 4.74 Å². The highest BCUT2D eigenvalue weighted by Crippen LogP contribution is 2.36. The van der Waals surface area contributed by atoms with Crippen LogP contribution in [0.3, 0.4) is 0 Å². The van der Waals surface area contributed by atoms with E-state index in [1.807, 2.05) is 78.5 Å². The van der Waals surface area contributed by atoms with E-state index in [2.05, 4.69) is 0 Å². The lowest BCUT2D eigenvalue weighted by molar-refractivity contribution is -0.122. The standard InChI is InChI=1S/C26H21N3O3S2/c1-17-13-20(31-2)10-11-22(17)24-18(15-29(27-24)19-7-4-3-5-8-19)14-23-25(30)28(26(33)34-23)16-21-9-6-12-32-21/h3-15H,16H2,1-2H3. The summed E-state index contributed by atoms with van der Waals surface area (Å²) < 4.78 is 13.1. The van der Waals surface area contributed by atoms with E-state index in [9.17, 15) is 4.79 Å². The second-order valence-corrected chi connectivity index (χ2v) is 9.42. The Bertz CT molecular complexity index is 1390. The van der Waals surface area contributed by atoms with Gasteiger partial charge in [-0.3, -0.25) is 9.69 Å². The molecule has 0 bridgehead atoms. The van der Waals surface area contributed by atoms with E-state index in [0.717, 1.165) is 33.8 Å². The van der Waals surface area contributed by atoms with Crippen LogP contribution in [0.1, 0.15) is 16.9 Å². The minimum atomic E-state index is -0.142. The predicted octanol–water partition coefficient (Wildman–Crippen LogP) is 5.85. The Kier molecular flexibility index (Phi) is 6.08. The summed E-state index contributed by atoms with van der Waals surface area (Å²) in [5, 5.41) is 4.88. The summed E-state index contributed by atoms with van der Waals surface area (Å²) in [7, 11) is 1.65. The number of hydrogen-bond donors (Lipinski definition) is 0. The minimum Gasteiger partial charge on any atom is -0.497 e. The molecule has 170 valence electrons. The van der Waals surface area contributed by atoms with Gasteiger partial charge in [-0.15, -0.1) is 0 Å². The zero-order chi connectivity index (χ0) is 23.7. The third-order valence-corrected chi connectivity index (χ3v) is 6.88. The fourth-order valence-corrected chi connectivity index (χ4v) is 5.03. The zero-order valence-electron chi connectivity index (χ0n) is 18.6. The highest BCUT2D eigenvalue weighted by molar-refractivity contribution is 8.26. The van der Waals surface area contributed by atoms with Crippen molar-refractivity contribution in [1.29, 1.82) is 0 Å². The number of benzene rings is 2. The number of amides is 1. The van der Waals surface area contributed by atoms with Gasteiger partial charge in [-0.05, 0) is 61.0 Å². The highest BCUT2D eigenvalue weighted by Gasteiger charge is 2.33. The second kappa shape index (κ2) is 9.32. The van der Waals surface area contributed by atoms with Gasteiger partial charge in [0.25, 0.3) is 5.91 Å². The highest BCUT2D eigenvalue weighted by atomic mass is 32.2. The lowest BCUT2D eigenvalue weighted by Gasteiger charge is -2.12. The molecular formula is C26H21N3O3S2. The van der Waals surface area contributed by atoms with Crippen molar-refractivity contribution in [2.45, 2.75) is 13.5 Å². The molecule has 2 aromatic heterocycles. The molecule has 1 amide bonds. The first kappa shape index (κ1) is 22.2. The summed E-state index contributed by atoms with van der Waals surface area (Å²) in [6, 6.07) is 19.4. The summed E-state index contributed by atoms with van der Waals surface area (Å²) in [6.45, 7) is 2.33. The molecule has 1 saturated heterocycles. The molecule has 0 spiro atoms. The van der Waals surface area contributed by atoms with Crippen molar-refractivity contribution >= 4 is 40.3 Å². The van der Waals surface area contributed by atoms with Gasteiger partial charge in [0.1, 0.15) is 21.5 Å². The molecular weight excluding hydrogens is 466 g/mol. The van der Waals surface area contributed by atoms with Crippen molar-refractivity contribution in [2.75, 3.05) is 7.11 Å². The van der Waals surface area contributed by atoms with Crippen LogP contribution in [0.25, 0.3) is 23.0 Å². The Labute approximate surface area is 206 Å². The number of para-hydroxylation sites is 1. The number of rotatable bonds is 6. The topological polar surface area (TPSA) is 60.5 Å². The summed E-state index contributed by atoms with van der Waals surface area (Å²) in [6.07, 6.45) is 5.39. The molecule has 4 aromatic rings. The molecule has 0 atom stereocenters. The quantitative estimate of drug-likeness (QED) is 0.251. The van der Waals surface area contributed by atoms with Crippen LogP contribution in [-0.4, -0.2) is 32.0 Å². The first-order valence-corrected chi connectivity index (χ1v) is 11.8. The normalized spacial score (nSPS) is 14.9. The van der Waals surface area contributed by atoms with Gasteiger partial charge >= 0.3 is 0 Å². The number of ether oxygens (including phenoxy) is 1. The smallest absolute Gasteiger partial charge is 0.266 e. The van der Waals surface area contributed by atoms with E-state index in [1.165, 1.54) is 11.8 Å². The van der Waals surface area contributed by atoms with E-state index in [-0.39, 0.29) is 5.91 Å². The number of carbonyl (C=O) groups excluding carboxylic acids is 1. The third kappa shape index (κ3) is 4.30. The van der Waals surface area contributed by atoms with Gasteiger partial charge in [-0.25, -0.2) is 4.68 Å². The van der Waals surface area contributed by atoms with E-state index >= 15 is 0 Å². The Morgan fingerprint density at radius 3 is 2.68 bits per heavy atom. The van der Waals surface area contributed by atoms with E-state index in [4.69, 9.17) is 26.5 Å². The average Bonchev–Trinajstić information content (AvgIpc) is 3.57. The summed E-state index contributed by atoms with van der Waals surface area (Å²) >= 11 is 6.78. The maximum absolute atomic E-state index is 13.2. The van der Waals surface area contributed by atoms with E-state index < -0.39 is 0 Å². The van der Waals surface area contributed by atoms with Crippen LogP contribution >= 0.6 is 24.0 Å². The molecule has 8 heteroatoms. The van der Waals surface area contributed by atoms with Crippen LogP contribution in [0, 0.1) is 6.92 Å². The Morgan fingerprint density at radius 2 is 1.97 bits per heavy atom. The molecule has 0 saturated carbocycles. The maximum atomic E-state index is 13.2. The molecule has 0 unspecified atom stereocenters. The Hall–Kier alpha value is -3.62. The van der Waals surface area contributed by atoms with Crippen LogP contribution in [0.5, 0.6) is 5.75 Å². The van der Waals surface area contributed by atoms with Gasteiger partial charge in [0.2, 0.25) is 0 Å². The van der Waals surface area contributed by atoms with Gasteiger partial charge in [0.15, 0.2) is 0 Å².